The molecule has 1 rings (SSSR count). The van der Waals surface area contributed by atoms with E-state index in [-0.39, 0.29) is 11.9 Å². The van der Waals surface area contributed by atoms with Crippen LogP contribution in [-0.4, -0.2) is 19.7 Å². The number of ether oxygens (including phenoxy) is 1. The number of hydrogen-bond acceptors (Lipinski definition) is 2. The third kappa shape index (κ3) is 3.49. The highest BCUT2D eigenvalue weighted by atomic mass is 19.1. The van der Waals surface area contributed by atoms with Crippen molar-refractivity contribution in [2.75, 3.05) is 13.6 Å². The van der Waals surface area contributed by atoms with Crippen molar-refractivity contribution < 1.29 is 9.13 Å². The highest BCUT2D eigenvalue weighted by Crippen LogP contribution is 2.21. The Bertz CT molecular complexity index is 339. The summed E-state index contributed by atoms with van der Waals surface area (Å²) in [6, 6.07) is 4.63. The fourth-order valence-electron chi connectivity index (χ4n) is 1.48. The molecule has 0 amide bonds. The van der Waals surface area contributed by atoms with Crippen LogP contribution >= 0.6 is 0 Å². The van der Waals surface area contributed by atoms with E-state index in [1.54, 1.807) is 6.07 Å². The van der Waals surface area contributed by atoms with Gasteiger partial charge in [0.2, 0.25) is 0 Å². The molecule has 2 nitrogen and oxygen atoms in total. The zero-order chi connectivity index (χ0) is 12.1. The molecule has 0 saturated carbocycles. The summed E-state index contributed by atoms with van der Waals surface area (Å²) in [5.41, 5.74) is 0.961. The highest BCUT2D eigenvalue weighted by Gasteiger charge is 2.15. The quantitative estimate of drug-likeness (QED) is 0.832. The van der Waals surface area contributed by atoms with Crippen LogP contribution in [0.3, 0.4) is 0 Å². The van der Waals surface area contributed by atoms with Gasteiger partial charge in [-0.25, -0.2) is 4.39 Å². The normalized spacial score (nSPS) is 12.9. The van der Waals surface area contributed by atoms with Crippen molar-refractivity contribution in [2.24, 2.45) is 5.92 Å². The largest absolute Gasteiger partial charge is 0.488 e. The van der Waals surface area contributed by atoms with Crippen LogP contribution < -0.4 is 10.1 Å². The Hall–Kier alpha value is -1.09. The standard InChI is InChI=1S/C13H20FNO/c1-9(2)13(8-15-4)16-12-7-11(14)6-5-10(12)3/h5-7,9,13,15H,8H2,1-4H3. The first-order chi connectivity index (χ1) is 7.54. The summed E-state index contributed by atoms with van der Waals surface area (Å²) in [7, 11) is 1.89. The van der Waals surface area contributed by atoms with E-state index in [0.717, 1.165) is 12.1 Å². The Balaban J connectivity index is 2.80. The third-order valence-electron chi connectivity index (χ3n) is 2.58. The lowest BCUT2D eigenvalue weighted by molar-refractivity contribution is 0.150. The van der Waals surface area contributed by atoms with Crippen molar-refractivity contribution >= 4 is 0 Å². The van der Waals surface area contributed by atoms with Gasteiger partial charge in [-0.2, -0.15) is 0 Å². The number of rotatable bonds is 5. The van der Waals surface area contributed by atoms with Gasteiger partial charge in [0, 0.05) is 12.6 Å². The molecule has 1 aromatic rings. The van der Waals surface area contributed by atoms with Crippen LogP contribution in [0.4, 0.5) is 4.39 Å². The van der Waals surface area contributed by atoms with Gasteiger partial charge in [-0.1, -0.05) is 19.9 Å². The zero-order valence-corrected chi connectivity index (χ0v) is 10.4. The molecule has 1 N–H and O–H groups in total. The molecule has 0 aromatic heterocycles. The van der Waals surface area contributed by atoms with Crippen molar-refractivity contribution in [2.45, 2.75) is 26.9 Å². The van der Waals surface area contributed by atoms with Gasteiger partial charge in [-0.05, 0) is 31.5 Å². The van der Waals surface area contributed by atoms with Gasteiger partial charge in [0.15, 0.2) is 0 Å². The molecule has 0 heterocycles. The molecule has 0 aliphatic carbocycles. The molecule has 1 unspecified atom stereocenters. The van der Waals surface area contributed by atoms with Gasteiger partial charge >= 0.3 is 0 Å². The zero-order valence-electron chi connectivity index (χ0n) is 10.4. The summed E-state index contributed by atoms with van der Waals surface area (Å²) in [6.07, 6.45) is 0.0606. The average molecular weight is 225 g/mol. The molecule has 16 heavy (non-hydrogen) atoms. The lowest BCUT2D eigenvalue weighted by Crippen LogP contribution is -2.33. The minimum absolute atomic E-state index is 0.0606. The van der Waals surface area contributed by atoms with Gasteiger partial charge in [0.05, 0.1) is 0 Å². The van der Waals surface area contributed by atoms with Crippen molar-refractivity contribution in [1.82, 2.24) is 5.32 Å². The van der Waals surface area contributed by atoms with E-state index in [1.807, 2.05) is 14.0 Å². The number of nitrogens with one attached hydrogen (secondary N) is 1. The molecule has 3 heteroatoms. The molecule has 0 radical (unpaired) electrons. The molecule has 90 valence electrons. The first-order valence-electron chi connectivity index (χ1n) is 5.62. The summed E-state index contributed by atoms with van der Waals surface area (Å²) in [6.45, 7) is 6.87. The predicted molar refractivity (Wildman–Crippen MR) is 64.3 cm³/mol. The summed E-state index contributed by atoms with van der Waals surface area (Å²) >= 11 is 0. The smallest absolute Gasteiger partial charge is 0.126 e. The topological polar surface area (TPSA) is 21.3 Å². The Kier molecular flexibility index (Phi) is 4.74. The molecule has 1 aromatic carbocycles. The molecule has 0 aliphatic heterocycles. The van der Waals surface area contributed by atoms with Gasteiger partial charge in [-0.15, -0.1) is 0 Å². The lowest BCUT2D eigenvalue weighted by Gasteiger charge is -2.23. The minimum Gasteiger partial charge on any atom is -0.488 e. The van der Waals surface area contributed by atoms with E-state index in [4.69, 9.17) is 4.74 Å². The van der Waals surface area contributed by atoms with Crippen molar-refractivity contribution in [3.05, 3.63) is 29.6 Å². The van der Waals surface area contributed by atoms with Crippen LogP contribution in [0.5, 0.6) is 5.75 Å². The summed E-state index contributed by atoms with van der Waals surface area (Å²) in [5.74, 6) is 0.761. The number of halogens is 1. The molecule has 0 saturated heterocycles. The monoisotopic (exact) mass is 225 g/mol. The number of hydrogen-bond donors (Lipinski definition) is 1. The summed E-state index contributed by atoms with van der Waals surface area (Å²) in [4.78, 5) is 0. The van der Waals surface area contributed by atoms with Crippen molar-refractivity contribution in [1.29, 1.82) is 0 Å². The van der Waals surface area contributed by atoms with Gasteiger partial charge in [0.25, 0.3) is 0 Å². The Morgan fingerprint density at radius 3 is 2.62 bits per heavy atom. The van der Waals surface area contributed by atoms with Crippen LogP contribution in [0.15, 0.2) is 18.2 Å². The van der Waals surface area contributed by atoms with Gasteiger partial charge in [0.1, 0.15) is 17.7 Å². The maximum atomic E-state index is 13.1. The molecule has 1 atom stereocenters. The molecular weight excluding hydrogens is 205 g/mol. The Labute approximate surface area is 96.8 Å². The second-order valence-electron chi connectivity index (χ2n) is 4.37. The summed E-state index contributed by atoms with van der Waals surface area (Å²) < 4.78 is 18.9. The first kappa shape index (κ1) is 13.0. The fraction of sp³-hybridized carbons (Fsp3) is 0.538. The number of aryl methyl sites for hydroxylation is 1. The van der Waals surface area contributed by atoms with Crippen molar-refractivity contribution in [3.8, 4) is 5.75 Å². The second kappa shape index (κ2) is 5.85. The first-order valence-corrected chi connectivity index (χ1v) is 5.62. The van der Waals surface area contributed by atoms with E-state index < -0.39 is 0 Å². The lowest BCUT2D eigenvalue weighted by atomic mass is 10.1. The second-order valence-corrected chi connectivity index (χ2v) is 4.37. The van der Waals surface area contributed by atoms with E-state index in [1.165, 1.54) is 12.1 Å². The van der Waals surface area contributed by atoms with Crippen LogP contribution in [0.25, 0.3) is 0 Å². The Morgan fingerprint density at radius 1 is 1.38 bits per heavy atom. The number of likely N-dealkylation sites (N-methyl/N-ethyl adjacent to an activating group) is 1. The van der Waals surface area contributed by atoms with Gasteiger partial charge in [-0.3, -0.25) is 0 Å². The van der Waals surface area contributed by atoms with Crippen LogP contribution in [-0.2, 0) is 0 Å². The Morgan fingerprint density at radius 2 is 2.06 bits per heavy atom. The maximum absolute atomic E-state index is 13.1. The fourth-order valence-corrected chi connectivity index (χ4v) is 1.48. The maximum Gasteiger partial charge on any atom is 0.126 e. The van der Waals surface area contributed by atoms with Gasteiger partial charge < -0.3 is 10.1 Å². The number of benzene rings is 1. The molecule has 0 bridgehead atoms. The SMILES string of the molecule is CNCC(Oc1cc(F)ccc1C)C(C)C. The van der Waals surface area contributed by atoms with Crippen LogP contribution in [0, 0.1) is 18.7 Å². The highest BCUT2D eigenvalue weighted by molar-refractivity contribution is 5.32. The van der Waals surface area contributed by atoms with E-state index in [9.17, 15) is 4.39 Å². The minimum atomic E-state index is -0.257. The molecule has 0 spiro atoms. The van der Waals surface area contributed by atoms with Crippen molar-refractivity contribution in [3.63, 3.8) is 0 Å². The van der Waals surface area contributed by atoms with E-state index in [2.05, 4.69) is 19.2 Å². The predicted octanol–water partition coefficient (Wildman–Crippen LogP) is 2.76. The molecule has 0 aliphatic rings. The summed E-state index contributed by atoms with van der Waals surface area (Å²) in [5, 5.41) is 3.08. The molecular formula is C13H20FNO. The van der Waals surface area contributed by atoms with E-state index in [0.29, 0.717) is 11.7 Å². The molecule has 0 fully saturated rings. The van der Waals surface area contributed by atoms with Crippen LogP contribution in [0.1, 0.15) is 19.4 Å². The van der Waals surface area contributed by atoms with E-state index >= 15 is 0 Å². The van der Waals surface area contributed by atoms with Crippen LogP contribution in [0.2, 0.25) is 0 Å². The average Bonchev–Trinajstić information content (AvgIpc) is 2.22. The third-order valence-corrected chi connectivity index (χ3v) is 2.58.